The van der Waals surface area contributed by atoms with E-state index in [1.807, 2.05) is 0 Å². The minimum absolute atomic E-state index is 0.0638. The molecule has 2 amide bonds. The topological polar surface area (TPSA) is 104 Å². The zero-order valence-electron chi connectivity index (χ0n) is 12.1. The largest absolute Gasteiger partial charge is 0.391 e. The van der Waals surface area contributed by atoms with Crippen molar-refractivity contribution in [3.05, 3.63) is 23.8 Å². The minimum Gasteiger partial charge on any atom is -0.391 e. The molecule has 0 aliphatic carbocycles. The van der Waals surface area contributed by atoms with Crippen molar-refractivity contribution in [2.24, 2.45) is 5.14 Å². The van der Waals surface area contributed by atoms with Gasteiger partial charge in [0, 0.05) is 25.3 Å². The molecule has 2 heterocycles. The van der Waals surface area contributed by atoms with Gasteiger partial charge in [-0.25, -0.2) is 18.4 Å². The highest BCUT2D eigenvalue weighted by molar-refractivity contribution is 7.89. The Morgan fingerprint density at radius 3 is 2.77 bits per heavy atom. The number of nitrogens with two attached hydrogens (primary N) is 1. The number of likely N-dealkylation sites (tertiary alicyclic amines) is 1. The average molecular weight is 325 g/mol. The number of aliphatic hydroxyl groups is 1. The Kier molecular flexibility index (Phi) is 3.84. The molecule has 0 spiro atoms. The van der Waals surface area contributed by atoms with E-state index in [0.29, 0.717) is 26.1 Å². The van der Waals surface area contributed by atoms with Gasteiger partial charge >= 0.3 is 6.03 Å². The van der Waals surface area contributed by atoms with Crippen LogP contribution in [0.25, 0.3) is 0 Å². The fourth-order valence-corrected chi connectivity index (χ4v) is 3.62. The van der Waals surface area contributed by atoms with Gasteiger partial charge in [0.1, 0.15) is 0 Å². The molecule has 1 atom stereocenters. The molecule has 0 saturated carbocycles. The summed E-state index contributed by atoms with van der Waals surface area (Å²) in [5.41, 5.74) is 1.52. The molecule has 3 N–H and O–H groups in total. The van der Waals surface area contributed by atoms with Crippen molar-refractivity contribution in [2.75, 3.05) is 24.5 Å². The third kappa shape index (κ3) is 2.81. The Bertz CT molecular complexity index is 704. The summed E-state index contributed by atoms with van der Waals surface area (Å²) >= 11 is 0. The van der Waals surface area contributed by atoms with Crippen LogP contribution in [0.5, 0.6) is 0 Å². The highest BCUT2D eigenvalue weighted by Crippen LogP contribution is 2.31. The van der Waals surface area contributed by atoms with Gasteiger partial charge in [0.15, 0.2) is 0 Å². The van der Waals surface area contributed by atoms with Crippen LogP contribution in [-0.4, -0.2) is 50.2 Å². The molecule has 1 aromatic carbocycles. The van der Waals surface area contributed by atoms with Gasteiger partial charge in [0.25, 0.3) is 0 Å². The number of carbonyl (C=O) groups excluding carboxylic acids is 1. The Hall–Kier alpha value is -1.64. The zero-order valence-corrected chi connectivity index (χ0v) is 12.9. The first-order chi connectivity index (χ1) is 10.4. The van der Waals surface area contributed by atoms with E-state index in [9.17, 15) is 18.3 Å². The molecule has 8 heteroatoms. The summed E-state index contributed by atoms with van der Waals surface area (Å²) in [5.74, 6) is 0. The summed E-state index contributed by atoms with van der Waals surface area (Å²) in [7, 11) is -3.74. The van der Waals surface area contributed by atoms with E-state index in [2.05, 4.69) is 0 Å². The van der Waals surface area contributed by atoms with E-state index < -0.39 is 16.1 Å². The summed E-state index contributed by atoms with van der Waals surface area (Å²) in [5, 5.41) is 14.8. The number of urea groups is 1. The second kappa shape index (κ2) is 5.53. The van der Waals surface area contributed by atoms with E-state index >= 15 is 0 Å². The fourth-order valence-electron chi connectivity index (χ4n) is 3.05. The van der Waals surface area contributed by atoms with Crippen LogP contribution in [0.1, 0.15) is 18.4 Å². The number of aliphatic hydroxyl groups excluding tert-OH is 1. The van der Waals surface area contributed by atoms with Gasteiger partial charge in [0.05, 0.1) is 11.0 Å². The van der Waals surface area contributed by atoms with Crippen LogP contribution in [0.15, 0.2) is 23.1 Å². The fraction of sp³-hybridized carbons (Fsp3) is 0.500. The molecule has 1 saturated heterocycles. The molecule has 1 aromatic rings. The van der Waals surface area contributed by atoms with Crippen molar-refractivity contribution in [1.82, 2.24) is 4.90 Å². The zero-order chi connectivity index (χ0) is 15.9. The number of carbonyl (C=O) groups is 1. The molecule has 0 bridgehead atoms. The summed E-state index contributed by atoms with van der Waals surface area (Å²) < 4.78 is 22.8. The predicted molar refractivity (Wildman–Crippen MR) is 81.1 cm³/mol. The van der Waals surface area contributed by atoms with Crippen LogP contribution in [-0.2, 0) is 16.4 Å². The number of β-amino-alcohol motifs (C(OH)–C–C–N with tert-alkyl or cyclic N) is 1. The number of fused-ring (bicyclic) bond motifs is 1. The number of piperidine rings is 1. The number of primary sulfonamides is 1. The predicted octanol–water partition coefficient (Wildman–Crippen LogP) is 0.273. The molecular weight excluding hydrogens is 306 g/mol. The Morgan fingerprint density at radius 1 is 1.32 bits per heavy atom. The van der Waals surface area contributed by atoms with Crippen LogP contribution >= 0.6 is 0 Å². The lowest BCUT2D eigenvalue weighted by molar-refractivity contribution is 0.0865. The van der Waals surface area contributed by atoms with Gasteiger partial charge < -0.3 is 10.0 Å². The molecule has 0 radical (unpaired) electrons. The van der Waals surface area contributed by atoms with Gasteiger partial charge in [-0.15, -0.1) is 0 Å². The van der Waals surface area contributed by atoms with Gasteiger partial charge in [-0.05, 0) is 43.0 Å². The Balaban J connectivity index is 1.84. The number of amides is 2. The lowest BCUT2D eigenvalue weighted by Gasteiger charge is -2.33. The summed E-state index contributed by atoms with van der Waals surface area (Å²) in [6.45, 7) is 1.49. The van der Waals surface area contributed by atoms with Gasteiger partial charge in [0.2, 0.25) is 10.0 Å². The third-order valence-corrected chi connectivity index (χ3v) is 5.08. The first-order valence-electron chi connectivity index (χ1n) is 7.26. The van der Waals surface area contributed by atoms with Crippen LogP contribution in [0.4, 0.5) is 10.5 Å². The maximum atomic E-state index is 12.6. The van der Waals surface area contributed by atoms with E-state index in [1.165, 1.54) is 12.1 Å². The molecule has 2 aliphatic heterocycles. The quantitative estimate of drug-likeness (QED) is 0.773. The smallest absolute Gasteiger partial charge is 0.324 e. The van der Waals surface area contributed by atoms with Gasteiger partial charge in [-0.3, -0.25) is 4.90 Å². The van der Waals surface area contributed by atoms with Crippen molar-refractivity contribution in [1.29, 1.82) is 0 Å². The highest BCUT2D eigenvalue weighted by atomic mass is 32.2. The average Bonchev–Trinajstić information content (AvgIpc) is 2.88. The van der Waals surface area contributed by atoms with Crippen LogP contribution in [0.2, 0.25) is 0 Å². The summed E-state index contributed by atoms with van der Waals surface area (Å²) in [6, 6.07) is 4.44. The van der Waals surface area contributed by atoms with Crippen LogP contribution < -0.4 is 10.0 Å². The number of hydrogen-bond acceptors (Lipinski definition) is 4. The highest BCUT2D eigenvalue weighted by Gasteiger charge is 2.31. The van der Waals surface area contributed by atoms with Crippen LogP contribution in [0, 0.1) is 0 Å². The lowest BCUT2D eigenvalue weighted by Crippen LogP contribution is -2.48. The van der Waals surface area contributed by atoms with E-state index in [4.69, 9.17) is 5.14 Å². The molecule has 2 aliphatic rings. The Labute approximate surface area is 129 Å². The van der Waals surface area contributed by atoms with E-state index in [-0.39, 0.29) is 10.9 Å². The van der Waals surface area contributed by atoms with Crippen molar-refractivity contribution < 1.29 is 18.3 Å². The molecule has 120 valence electrons. The first-order valence-corrected chi connectivity index (χ1v) is 8.81. The van der Waals surface area contributed by atoms with Crippen molar-refractivity contribution in [3.63, 3.8) is 0 Å². The molecule has 0 unspecified atom stereocenters. The normalized spacial score (nSPS) is 21.8. The summed E-state index contributed by atoms with van der Waals surface area (Å²) in [6.07, 6.45) is 1.64. The van der Waals surface area contributed by atoms with E-state index in [0.717, 1.165) is 24.1 Å². The second-order valence-corrected chi connectivity index (χ2v) is 7.32. The third-order valence-electron chi connectivity index (χ3n) is 4.17. The molecule has 3 rings (SSSR count). The molecule has 22 heavy (non-hydrogen) atoms. The van der Waals surface area contributed by atoms with Crippen molar-refractivity contribution in [3.8, 4) is 0 Å². The molecule has 0 aromatic heterocycles. The van der Waals surface area contributed by atoms with Gasteiger partial charge in [-0.1, -0.05) is 0 Å². The lowest BCUT2D eigenvalue weighted by atomic mass is 10.1. The van der Waals surface area contributed by atoms with E-state index in [1.54, 1.807) is 15.9 Å². The molecular formula is C14H19N3O4S. The number of anilines is 1. The SMILES string of the molecule is NS(=O)(=O)c1ccc2c(c1)CCN2C(=O)N1CCC[C@@H](O)C1. The monoisotopic (exact) mass is 325 g/mol. The van der Waals surface area contributed by atoms with Crippen LogP contribution in [0.3, 0.4) is 0 Å². The standard InChI is InChI=1S/C14H19N3O4S/c15-22(20,21)12-3-4-13-10(8-12)5-7-17(13)14(19)16-6-1-2-11(18)9-16/h3-4,8,11,18H,1-2,5-7,9H2,(H2,15,20,21)/t11-/m1/s1. The number of sulfonamides is 1. The first kappa shape index (κ1) is 15.3. The number of hydrogen-bond donors (Lipinski definition) is 2. The number of benzene rings is 1. The number of rotatable bonds is 1. The van der Waals surface area contributed by atoms with Gasteiger partial charge in [-0.2, -0.15) is 0 Å². The molecule has 1 fully saturated rings. The molecule has 7 nitrogen and oxygen atoms in total. The van der Waals surface area contributed by atoms with Crippen molar-refractivity contribution >= 4 is 21.7 Å². The summed E-state index contributed by atoms with van der Waals surface area (Å²) in [4.78, 5) is 15.9. The Morgan fingerprint density at radius 2 is 2.09 bits per heavy atom. The maximum absolute atomic E-state index is 12.6. The maximum Gasteiger partial charge on any atom is 0.324 e. The second-order valence-electron chi connectivity index (χ2n) is 5.76. The minimum atomic E-state index is -3.74. The number of nitrogens with zero attached hydrogens (tertiary/aromatic N) is 2. The van der Waals surface area contributed by atoms with Crippen molar-refractivity contribution in [2.45, 2.75) is 30.3 Å².